The predicted molar refractivity (Wildman–Crippen MR) is 106 cm³/mol. The SMILES string of the molecule is CC(O)CNC1=NCC2CC(c3ccccc3Cl)c3ccccc3C2=N1. The van der Waals surface area contributed by atoms with E-state index in [-0.39, 0.29) is 11.8 Å². The first-order valence-electron chi connectivity index (χ1n) is 9.02. The molecule has 2 N–H and O–H groups in total. The number of halogens is 1. The van der Waals surface area contributed by atoms with Gasteiger partial charge in [0.15, 0.2) is 0 Å². The molecule has 3 unspecified atom stereocenters. The maximum Gasteiger partial charge on any atom is 0.218 e. The molecule has 2 aromatic rings. The zero-order valence-electron chi connectivity index (χ0n) is 14.7. The smallest absolute Gasteiger partial charge is 0.218 e. The summed E-state index contributed by atoms with van der Waals surface area (Å²) in [5, 5.41) is 13.4. The van der Waals surface area contributed by atoms with Crippen LogP contribution in [-0.2, 0) is 0 Å². The summed E-state index contributed by atoms with van der Waals surface area (Å²) in [4.78, 5) is 9.36. The average Bonchev–Trinajstić information content (AvgIpc) is 2.66. The molecule has 1 aliphatic carbocycles. The van der Waals surface area contributed by atoms with E-state index in [1.165, 1.54) is 16.7 Å². The Hall–Kier alpha value is -2.17. The van der Waals surface area contributed by atoms with Gasteiger partial charge in [0.1, 0.15) is 0 Å². The van der Waals surface area contributed by atoms with Gasteiger partial charge in [-0.2, -0.15) is 0 Å². The number of benzene rings is 2. The van der Waals surface area contributed by atoms with Crippen molar-refractivity contribution in [2.24, 2.45) is 15.9 Å². The van der Waals surface area contributed by atoms with E-state index in [9.17, 15) is 5.11 Å². The molecule has 0 saturated heterocycles. The molecule has 0 bridgehead atoms. The number of fused-ring (bicyclic) bond motifs is 3. The molecule has 0 spiro atoms. The fraction of sp³-hybridized carbons (Fsp3) is 0.333. The minimum absolute atomic E-state index is 0.256. The largest absolute Gasteiger partial charge is 0.392 e. The maximum atomic E-state index is 9.48. The fourth-order valence-corrected chi connectivity index (χ4v) is 4.09. The van der Waals surface area contributed by atoms with Crippen molar-refractivity contribution >= 4 is 23.3 Å². The second kappa shape index (κ2) is 7.22. The molecule has 5 heteroatoms. The lowest BCUT2D eigenvalue weighted by molar-refractivity contribution is 0.197. The van der Waals surface area contributed by atoms with E-state index < -0.39 is 6.10 Å². The highest BCUT2D eigenvalue weighted by molar-refractivity contribution is 6.31. The molecule has 0 aromatic heterocycles. The Bertz CT molecular complexity index is 875. The van der Waals surface area contributed by atoms with Gasteiger partial charge in [0.25, 0.3) is 0 Å². The lowest BCUT2D eigenvalue weighted by Crippen LogP contribution is -2.37. The number of aliphatic imine (C=N–C) groups is 2. The second-order valence-corrected chi connectivity index (χ2v) is 7.39. The van der Waals surface area contributed by atoms with E-state index >= 15 is 0 Å². The topological polar surface area (TPSA) is 57.0 Å². The summed E-state index contributed by atoms with van der Waals surface area (Å²) < 4.78 is 0. The number of hydrogen-bond acceptors (Lipinski definition) is 4. The second-order valence-electron chi connectivity index (χ2n) is 6.99. The molecule has 3 atom stereocenters. The van der Waals surface area contributed by atoms with E-state index in [4.69, 9.17) is 16.6 Å². The van der Waals surface area contributed by atoms with Crippen molar-refractivity contribution in [2.75, 3.05) is 13.1 Å². The summed E-state index contributed by atoms with van der Waals surface area (Å²) in [7, 11) is 0. The molecule has 134 valence electrons. The molecule has 0 saturated carbocycles. The first-order valence-corrected chi connectivity index (χ1v) is 9.40. The first kappa shape index (κ1) is 17.3. The molecule has 26 heavy (non-hydrogen) atoms. The van der Waals surface area contributed by atoms with Gasteiger partial charge >= 0.3 is 0 Å². The number of aliphatic hydroxyl groups is 1. The van der Waals surface area contributed by atoms with Crippen LogP contribution in [0.15, 0.2) is 58.5 Å². The van der Waals surface area contributed by atoms with Gasteiger partial charge in [-0.05, 0) is 30.5 Å². The molecule has 2 aromatic carbocycles. The fourth-order valence-electron chi connectivity index (χ4n) is 3.82. The van der Waals surface area contributed by atoms with Crippen LogP contribution in [-0.4, -0.2) is 36.0 Å². The first-order chi connectivity index (χ1) is 12.6. The van der Waals surface area contributed by atoms with E-state index in [0.717, 1.165) is 17.2 Å². The monoisotopic (exact) mass is 367 g/mol. The van der Waals surface area contributed by atoms with Crippen LogP contribution in [0.1, 0.15) is 36.0 Å². The summed E-state index contributed by atoms with van der Waals surface area (Å²) in [6.45, 7) is 2.90. The van der Waals surface area contributed by atoms with E-state index in [2.05, 4.69) is 40.6 Å². The van der Waals surface area contributed by atoms with Gasteiger partial charge in [0.2, 0.25) is 5.96 Å². The third-order valence-electron chi connectivity index (χ3n) is 5.04. The van der Waals surface area contributed by atoms with E-state index in [0.29, 0.717) is 19.0 Å². The van der Waals surface area contributed by atoms with Crippen molar-refractivity contribution in [3.05, 3.63) is 70.2 Å². The number of rotatable bonds is 3. The zero-order valence-corrected chi connectivity index (χ0v) is 15.4. The van der Waals surface area contributed by atoms with E-state index in [1.54, 1.807) is 6.92 Å². The van der Waals surface area contributed by atoms with Gasteiger partial charge in [0, 0.05) is 29.0 Å². The van der Waals surface area contributed by atoms with Crippen LogP contribution in [0.25, 0.3) is 0 Å². The van der Waals surface area contributed by atoms with Crippen LogP contribution < -0.4 is 5.32 Å². The third kappa shape index (κ3) is 3.27. The standard InChI is InChI=1S/C21H22ClN3O/c1-13(26)11-23-21-24-12-14-10-18(16-7-4-5-9-19(16)22)15-6-2-3-8-17(15)20(14)25-21/h2-9,13-14,18,26H,10-12H2,1H3,(H,23,24). The highest BCUT2D eigenvalue weighted by atomic mass is 35.5. The van der Waals surface area contributed by atoms with Crippen LogP contribution in [0, 0.1) is 5.92 Å². The van der Waals surface area contributed by atoms with Crippen LogP contribution in [0.4, 0.5) is 0 Å². The van der Waals surface area contributed by atoms with Crippen molar-refractivity contribution < 1.29 is 5.11 Å². The van der Waals surface area contributed by atoms with Crippen molar-refractivity contribution in [3.8, 4) is 0 Å². The van der Waals surface area contributed by atoms with Crippen LogP contribution >= 0.6 is 11.6 Å². The Morgan fingerprint density at radius 3 is 2.65 bits per heavy atom. The number of aliphatic hydroxyl groups excluding tert-OH is 1. The normalized spacial score (nSPS) is 22.6. The third-order valence-corrected chi connectivity index (χ3v) is 5.39. The van der Waals surface area contributed by atoms with Crippen LogP contribution in [0.5, 0.6) is 0 Å². The summed E-state index contributed by atoms with van der Waals surface area (Å²) in [5.74, 6) is 1.15. The van der Waals surface area contributed by atoms with Gasteiger partial charge in [-0.25, -0.2) is 4.99 Å². The number of hydrogen-bond donors (Lipinski definition) is 2. The molecule has 0 amide bonds. The van der Waals surface area contributed by atoms with Gasteiger partial charge in [-0.1, -0.05) is 54.1 Å². The lowest BCUT2D eigenvalue weighted by atomic mass is 9.72. The molecule has 2 aliphatic rings. The molecule has 4 rings (SSSR count). The number of nitrogens with one attached hydrogen (secondary N) is 1. The maximum absolute atomic E-state index is 9.48. The Morgan fingerprint density at radius 1 is 1.15 bits per heavy atom. The van der Waals surface area contributed by atoms with Gasteiger partial charge in [-0.3, -0.25) is 4.99 Å². The molecule has 0 fully saturated rings. The lowest BCUT2D eigenvalue weighted by Gasteiger charge is -2.34. The summed E-state index contributed by atoms with van der Waals surface area (Å²) >= 11 is 6.50. The molecular formula is C21H22ClN3O. The van der Waals surface area contributed by atoms with Gasteiger partial charge in [0.05, 0.1) is 18.4 Å². The highest BCUT2D eigenvalue weighted by Crippen LogP contribution is 2.42. The average molecular weight is 368 g/mol. The molecule has 1 heterocycles. The van der Waals surface area contributed by atoms with Gasteiger partial charge in [-0.15, -0.1) is 0 Å². The van der Waals surface area contributed by atoms with Crippen molar-refractivity contribution in [3.63, 3.8) is 0 Å². The minimum Gasteiger partial charge on any atom is -0.392 e. The van der Waals surface area contributed by atoms with Crippen molar-refractivity contribution in [1.82, 2.24) is 5.32 Å². The Balaban J connectivity index is 1.72. The minimum atomic E-state index is -0.432. The highest BCUT2D eigenvalue weighted by Gasteiger charge is 2.35. The molecular weight excluding hydrogens is 346 g/mol. The van der Waals surface area contributed by atoms with Crippen molar-refractivity contribution in [2.45, 2.75) is 25.4 Å². The van der Waals surface area contributed by atoms with Gasteiger partial charge < -0.3 is 10.4 Å². The summed E-state index contributed by atoms with van der Waals surface area (Å²) in [6, 6.07) is 16.5. The van der Waals surface area contributed by atoms with Crippen molar-refractivity contribution in [1.29, 1.82) is 0 Å². The predicted octanol–water partition coefficient (Wildman–Crippen LogP) is 3.62. The Morgan fingerprint density at radius 2 is 1.88 bits per heavy atom. The Labute approximate surface area is 158 Å². The zero-order chi connectivity index (χ0) is 18.1. The summed E-state index contributed by atoms with van der Waals surface area (Å²) in [6.07, 6.45) is 0.520. The van der Waals surface area contributed by atoms with Crippen LogP contribution in [0.3, 0.4) is 0 Å². The number of nitrogens with zero attached hydrogens (tertiary/aromatic N) is 2. The van der Waals surface area contributed by atoms with E-state index in [1.807, 2.05) is 18.2 Å². The molecule has 1 aliphatic heterocycles. The molecule has 0 radical (unpaired) electrons. The number of guanidine groups is 1. The quantitative estimate of drug-likeness (QED) is 0.870. The van der Waals surface area contributed by atoms with Crippen LogP contribution in [0.2, 0.25) is 5.02 Å². The molecule has 4 nitrogen and oxygen atoms in total. The Kier molecular flexibility index (Phi) is 4.79. The summed E-state index contributed by atoms with van der Waals surface area (Å²) in [5.41, 5.74) is 4.71.